The normalized spacial score (nSPS) is 11.5. The van der Waals surface area contributed by atoms with Gasteiger partial charge in [0.15, 0.2) is 10.3 Å². The van der Waals surface area contributed by atoms with Crippen LogP contribution in [0, 0.1) is 0 Å². The Bertz CT molecular complexity index is 3170. The number of ether oxygens (including phenoxy) is 1. The molecule has 0 aliphatic heterocycles. The van der Waals surface area contributed by atoms with Crippen LogP contribution in [0.1, 0.15) is 12.0 Å². The van der Waals surface area contributed by atoms with Gasteiger partial charge in [0.1, 0.15) is 17.4 Å². The molecule has 0 saturated heterocycles. The minimum atomic E-state index is -4.75. The van der Waals surface area contributed by atoms with E-state index in [1.54, 1.807) is 43.0 Å². The Morgan fingerprint density at radius 2 is 1.29 bits per heavy atom. The number of fused-ring (bicyclic) bond motifs is 2. The van der Waals surface area contributed by atoms with Crippen molar-refractivity contribution in [1.82, 2.24) is 39.5 Å². The number of halogens is 5. The van der Waals surface area contributed by atoms with Crippen LogP contribution in [0.4, 0.5) is 43.6 Å². The van der Waals surface area contributed by atoms with Crippen LogP contribution in [0.15, 0.2) is 145 Å². The Kier molecular flexibility index (Phi) is 11.3. The van der Waals surface area contributed by atoms with Crippen LogP contribution < -0.4 is 15.4 Å². The van der Waals surface area contributed by atoms with E-state index in [2.05, 4.69) is 45.3 Å². The zero-order valence-electron chi connectivity index (χ0n) is 32.7. The van der Waals surface area contributed by atoms with E-state index in [4.69, 9.17) is 4.98 Å². The largest absolute Gasteiger partial charge is 0.573 e. The maximum absolute atomic E-state index is 13.1. The van der Waals surface area contributed by atoms with Crippen molar-refractivity contribution in [2.75, 3.05) is 10.6 Å². The molecule has 0 amide bonds. The molecule has 0 aliphatic carbocycles. The summed E-state index contributed by atoms with van der Waals surface area (Å²) in [6.45, 7) is 0. The number of hydrogen-bond acceptors (Lipinski definition) is 11. The minimum absolute atomic E-state index is 0.0138. The number of aryl methyl sites for hydroxylation is 1. The lowest BCUT2D eigenvalue weighted by Crippen LogP contribution is -2.17. The van der Waals surface area contributed by atoms with E-state index >= 15 is 0 Å². The number of benzene rings is 4. The van der Waals surface area contributed by atoms with E-state index in [0.29, 0.717) is 28.3 Å². The number of nitrogens with zero attached hydrogens (tertiary/aromatic N) is 7. The van der Waals surface area contributed by atoms with Crippen molar-refractivity contribution < 1.29 is 26.7 Å². The standard InChI is InChI=1S/C23H17F2N5S.C22H14F3N5OS/c1-30-20-8-7-17(27-23-29-19(13-31-23)16-6-3-9-26-12-16)11-18(20)28-22(30)15-5-2-4-14(10-15)21(24)25;23-22(24,25)31-16-5-1-3-13(9-16)20-28-17-7-6-15(10-18(17)29-20)27-21-30-19(12-32-21)14-4-2-8-26-11-14/h2-13,21H,1H3,(H,27,29);1-12H,(H,27,30)(H,28,29). The van der Waals surface area contributed by atoms with Gasteiger partial charge in [-0.1, -0.05) is 30.3 Å². The minimum Gasteiger partial charge on any atom is -0.406 e. The monoisotopic (exact) mass is 886 g/mol. The van der Waals surface area contributed by atoms with E-state index < -0.39 is 12.8 Å². The smallest absolute Gasteiger partial charge is 0.406 e. The maximum Gasteiger partial charge on any atom is 0.573 e. The highest BCUT2D eigenvalue weighted by atomic mass is 32.1. The lowest BCUT2D eigenvalue weighted by atomic mass is 10.1. The fourth-order valence-electron chi connectivity index (χ4n) is 6.62. The lowest BCUT2D eigenvalue weighted by Gasteiger charge is -2.09. The summed E-state index contributed by atoms with van der Waals surface area (Å²) in [6, 6.07) is 31.1. The molecule has 10 rings (SSSR count). The number of hydrogen-bond donors (Lipinski definition) is 3. The zero-order chi connectivity index (χ0) is 43.5. The van der Waals surface area contributed by atoms with Gasteiger partial charge in [-0.15, -0.1) is 35.8 Å². The fraction of sp³-hybridized carbons (Fsp3) is 0.0667. The van der Waals surface area contributed by atoms with Gasteiger partial charge in [-0.3, -0.25) is 9.97 Å². The number of thiazole rings is 2. The molecule has 6 aromatic heterocycles. The van der Waals surface area contributed by atoms with Gasteiger partial charge in [0.2, 0.25) is 0 Å². The van der Waals surface area contributed by atoms with Gasteiger partial charge in [0.05, 0.1) is 33.5 Å². The lowest BCUT2D eigenvalue weighted by molar-refractivity contribution is -0.274. The summed E-state index contributed by atoms with van der Waals surface area (Å²) in [6.07, 6.45) is -0.285. The van der Waals surface area contributed by atoms with Crippen molar-refractivity contribution in [1.29, 1.82) is 0 Å². The molecule has 0 fully saturated rings. The number of rotatable bonds is 10. The number of aromatic amines is 1. The molecule has 314 valence electrons. The molecule has 0 saturated carbocycles. The highest BCUT2D eigenvalue weighted by Gasteiger charge is 2.31. The molecule has 4 aromatic carbocycles. The van der Waals surface area contributed by atoms with Gasteiger partial charge in [-0.25, -0.2) is 28.7 Å². The highest BCUT2D eigenvalue weighted by Crippen LogP contribution is 2.33. The third-order valence-corrected chi connectivity index (χ3v) is 11.0. The average Bonchev–Trinajstić information content (AvgIpc) is 4.11. The molecule has 0 spiro atoms. The second kappa shape index (κ2) is 17.4. The molecule has 63 heavy (non-hydrogen) atoms. The Morgan fingerprint density at radius 3 is 1.94 bits per heavy atom. The first-order valence-corrected chi connectivity index (χ1v) is 20.7. The first-order valence-electron chi connectivity index (χ1n) is 19.0. The molecule has 0 atom stereocenters. The molecule has 0 aliphatic rings. The zero-order valence-corrected chi connectivity index (χ0v) is 34.3. The summed E-state index contributed by atoms with van der Waals surface area (Å²) >= 11 is 2.98. The number of alkyl halides is 5. The van der Waals surface area contributed by atoms with Gasteiger partial charge < -0.3 is 24.9 Å². The Balaban J connectivity index is 0.000000160. The van der Waals surface area contributed by atoms with E-state index in [-0.39, 0.29) is 11.3 Å². The first-order chi connectivity index (χ1) is 30.5. The third kappa shape index (κ3) is 9.51. The summed E-state index contributed by atoms with van der Waals surface area (Å²) in [5.74, 6) is 0.784. The number of nitrogens with one attached hydrogen (secondary N) is 3. The summed E-state index contributed by atoms with van der Waals surface area (Å²) < 4.78 is 69.6. The molecule has 6 heterocycles. The maximum atomic E-state index is 13.1. The molecule has 0 bridgehead atoms. The van der Waals surface area contributed by atoms with Crippen molar-refractivity contribution in [3.05, 3.63) is 150 Å². The SMILES string of the molecule is Cn1c(-c2cccc(C(F)F)c2)nc2cc(Nc3nc(-c4cccnc4)cs3)ccc21.FC(F)(F)Oc1cccc(-c2nc3ccc(Nc4nc(-c5cccnc5)cs4)cc3[nH]2)c1. The number of imidazole rings is 2. The van der Waals surface area contributed by atoms with Crippen molar-refractivity contribution >= 4 is 66.4 Å². The number of H-pyrrole nitrogens is 1. The summed E-state index contributed by atoms with van der Waals surface area (Å²) in [7, 11) is 1.88. The van der Waals surface area contributed by atoms with E-state index in [0.717, 1.165) is 60.7 Å². The topological polar surface area (TPSA) is 131 Å². The molecule has 11 nitrogen and oxygen atoms in total. The second-order valence-corrected chi connectivity index (χ2v) is 15.5. The van der Waals surface area contributed by atoms with Crippen LogP contribution in [0.2, 0.25) is 0 Å². The Morgan fingerprint density at radius 1 is 0.651 bits per heavy atom. The van der Waals surface area contributed by atoms with Crippen molar-refractivity contribution in [2.24, 2.45) is 7.05 Å². The average molecular weight is 887 g/mol. The number of aromatic nitrogens is 8. The quantitative estimate of drug-likeness (QED) is 0.115. The van der Waals surface area contributed by atoms with Crippen LogP contribution in [0.5, 0.6) is 5.75 Å². The highest BCUT2D eigenvalue weighted by molar-refractivity contribution is 7.14. The molecule has 3 N–H and O–H groups in total. The fourth-order valence-corrected chi connectivity index (χ4v) is 8.10. The Labute approximate surface area is 363 Å². The summed E-state index contributed by atoms with van der Waals surface area (Å²) in [5, 5.41) is 12.0. The molecule has 10 aromatic rings. The van der Waals surface area contributed by atoms with Crippen LogP contribution in [-0.2, 0) is 7.05 Å². The summed E-state index contributed by atoms with van der Waals surface area (Å²) in [4.78, 5) is 29.8. The van der Waals surface area contributed by atoms with Crippen LogP contribution >= 0.6 is 22.7 Å². The van der Waals surface area contributed by atoms with Crippen LogP contribution in [-0.4, -0.2) is 45.8 Å². The predicted octanol–water partition coefficient (Wildman–Crippen LogP) is 12.8. The summed E-state index contributed by atoms with van der Waals surface area (Å²) in [5.41, 5.74) is 9.47. The van der Waals surface area contributed by atoms with E-state index in [1.165, 1.54) is 53.0 Å². The molecular formula is C45H31F5N10OS2. The predicted molar refractivity (Wildman–Crippen MR) is 237 cm³/mol. The number of pyridine rings is 2. The first kappa shape index (κ1) is 40.8. The molecule has 0 radical (unpaired) electrons. The van der Waals surface area contributed by atoms with Gasteiger partial charge in [-0.2, -0.15) is 0 Å². The Hall–Kier alpha value is -7.57. The van der Waals surface area contributed by atoms with E-state index in [9.17, 15) is 22.0 Å². The van der Waals surface area contributed by atoms with Crippen LogP contribution in [0.25, 0.3) is 67.4 Å². The van der Waals surface area contributed by atoms with Gasteiger partial charge in [-0.05, 0) is 78.9 Å². The molecule has 0 unspecified atom stereocenters. The molecular weight excluding hydrogens is 856 g/mol. The number of anilines is 4. The van der Waals surface area contributed by atoms with Gasteiger partial charge in [0.25, 0.3) is 6.43 Å². The third-order valence-electron chi connectivity index (χ3n) is 9.53. The van der Waals surface area contributed by atoms with Gasteiger partial charge >= 0.3 is 6.36 Å². The van der Waals surface area contributed by atoms with Gasteiger partial charge in [0, 0.05) is 81.8 Å². The van der Waals surface area contributed by atoms with Crippen molar-refractivity contribution in [3.63, 3.8) is 0 Å². The second-order valence-electron chi connectivity index (χ2n) is 13.8. The van der Waals surface area contributed by atoms with Crippen molar-refractivity contribution in [3.8, 4) is 51.0 Å². The molecule has 18 heteroatoms. The van der Waals surface area contributed by atoms with E-state index in [1.807, 2.05) is 83.0 Å². The van der Waals surface area contributed by atoms with Crippen LogP contribution in [0.3, 0.4) is 0 Å². The van der Waals surface area contributed by atoms with Crippen molar-refractivity contribution in [2.45, 2.75) is 12.8 Å².